The monoisotopic (exact) mass is 549 g/mol. The van der Waals surface area contributed by atoms with E-state index < -0.39 is 15.7 Å². The summed E-state index contributed by atoms with van der Waals surface area (Å²) in [6.07, 6.45) is 1.05. The molecule has 0 saturated carbocycles. The Morgan fingerprint density at radius 1 is 1.17 bits per heavy atom. The van der Waals surface area contributed by atoms with Crippen LogP contribution >= 0.6 is 24.0 Å². The first-order valence-corrected chi connectivity index (χ1v) is 11.4. The molecule has 30 heavy (non-hydrogen) atoms. The van der Waals surface area contributed by atoms with E-state index >= 15 is 0 Å². The van der Waals surface area contributed by atoms with Crippen molar-refractivity contribution < 1.29 is 17.5 Å². The van der Waals surface area contributed by atoms with Crippen LogP contribution in [0.3, 0.4) is 0 Å². The molecule has 0 fully saturated rings. The van der Waals surface area contributed by atoms with Crippen LogP contribution in [0.15, 0.2) is 47.5 Å². The zero-order chi connectivity index (χ0) is 21.4. The minimum atomic E-state index is -3.22. The molecule has 0 aliphatic carbocycles. The summed E-state index contributed by atoms with van der Waals surface area (Å²) in [6.45, 7) is 4.69. The van der Waals surface area contributed by atoms with E-state index in [4.69, 9.17) is 4.74 Å². The highest BCUT2D eigenvalue weighted by molar-refractivity contribution is 14.0. The van der Waals surface area contributed by atoms with Gasteiger partial charge in [0.05, 0.1) is 12.3 Å². The van der Waals surface area contributed by atoms with Crippen LogP contribution < -0.4 is 15.4 Å². The third-order valence-electron chi connectivity index (χ3n) is 4.23. The minimum Gasteiger partial charge on any atom is -0.489 e. The maximum Gasteiger partial charge on any atom is 0.191 e. The van der Waals surface area contributed by atoms with Crippen molar-refractivity contribution in [2.24, 2.45) is 4.99 Å². The van der Waals surface area contributed by atoms with Gasteiger partial charge in [-0.3, -0.25) is 4.99 Å². The van der Waals surface area contributed by atoms with Crippen LogP contribution in [0, 0.1) is 12.7 Å². The molecule has 2 aromatic rings. The lowest BCUT2D eigenvalue weighted by Gasteiger charge is -2.19. The molecule has 9 heteroatoms. The van der Waals surface area contributed by atoms with Crippen LogP contribution in [0.25, 0.3) is 0 Å². The number of nitrogens with one attached hydrogen (secondary N) is 2. The van der Waals surface area contributed by atoms with Crippen molar-refractivity contribution in [1.82, 2.24) is 10.6 Å². The van der Waals surface area contributed by atoms with Gasteiger partial charge in [0.1, 0.15) is 17.7 Å². The van der Waals surface area contributed by atoms with E-state index in [1.165, 1.54) is 18.2 Å². The second-order valence-electron chi connectivity index (χ2n) is 6.98. The van der Waals surface area contributed by atoms with Gasteiger partial charge >= 0.3 is 0 Å². The number of sulfone groups is 1. The summed E-state index contributed by atoms with van der Waals surface area (Å²) in [6, 6.07) is 11.9. The first-order valence-electron chi connectivity index (χ1n) is 9.30. The summed E-state index contributed by atoms with van der Waals surface area (Å²) in [5.74, 6) is 0.787. The fourth-order valence-corrected chi connectivity index (χ4v) is 3.62. The molecule has 0 aliphatic heterocycles. The second-order valence-corrected chi connectivity index (χ2v) is 9.12. The molecule has 0 aromatic heterocycles. The fourth-order valence-electron chi connectivity index (χ4n) is 2.77. The number of guanidine groups is 1. The van der Waals surface area contributed by atoms with Gasteiger partial charge in [0.2, 0.25) is 0 Å². The summed E-state index contributed by atoms with van der Waals surface area (Å²) in [5.41, 5.74) is 2.20. The number of aliphatic imine (C=N–C) groups is 1. The van der Waals surface area contributed by atoms with E-state index in [2.05, 4.69) is 15.6 Å². The van der Waals surface area contributed by atoms with Gasteiger partial charge in [0.15, 0.2) is 15.8 Å². The Balaban J connectivity index is 0.00000450. The number of halogens is 2. The standard InChI is InChI=1S/C21H28FN3O3S.HI/c1-15-7-5-6-8-20(15)28-16(2)12-24-21(23-3)25-13-18-11-19(22)10-9-17(18)14-29(4,26)27;/h5-11,16H,12-14H2,1-4H3,(H2,23,24,25);1H. The quantitative estimate of drug-likeness (QED) is 0.300. The molecule has 0 aliphatic rings. The molecule has 1 atom stereocenters. The summed E-state index contributed by atoms with van der Waals surface area (Å²) in [7, 11) is -1.59. The molecule has 1 unspecified atom stereocenters. The second kappa shape index (κ2) is 12.1. The van der Waals surface area contributed by atoms with Gasteiger partial charge < -0.3 is 15.4 Å². The van der Waals surface area contributed by atoms with Gasteiger partial charge in [-0.2, -0.15) is 0 Å². The summed E-state index contributed by atoms with van der Waals surface area (Å²) < 4.78 is 42.8. The van der Waals surface area contributed by atoms with Crippen molar-refractivity contribution in [3.05, 3.63) is 65.0 Å². The maximum absolute atomic E-state index is 13.6. The van der Waals surface area contributed by atoms with Gasteiger partial charge in [-0.05, 0) is 48.7 Å². The molecule has 0 amide bonds. The van der Waals surface area contributed by atoms with Crippen molar-refractivity contribution in [2.45, 2.75) is 32.2 Å². The maximum atomic E-state index is 13.6. The van der Waals surface area contributed by atoms with Crippen molar-refractivity contribution in [3.8, 4) is 5.75 Å². The van der Waals surface area contributed by atoms with Crippen molar-refractivity contribution in [3.63, 3.8) is 0 Å². The largest absolute Gasteiger partial charge is 0.489 e. The SMILES string of the molecule is CN=C(NCc1cc(F)ccc1CS(C)(=O)=O)NCC(C)Oc1ccccc1C.I. The van der Waals surface area contributed by atoms with Crippen molar-refractivity contribution >= 4 is 39.8 Å². The van der Waals surface area contributed by atoms with E-state index in [0.29, 0.717) is 23.6 Å². The third-order valence-corrected chi connectivity index (χ3v) is 5.07. The number of ether oxygens (including phenoxy) is 1. The Kier molecular flexibility index (Phi) is 10.5. The molecule has 0 heterocycles. The molecule has 0 saturated heterocycles. The van der Waals surface area contributed by atoms with Crippen LogP contribution in [-0.2, 0) is 22.1 Å². The average Bonchev–Trinajstić information content (AvgIpc) is 2.64. The van der Waals surface area contributed by atoms with Crippen LogP contribution in [0.4, 0.5) is 4.39 Å². The number of para-hydroxylation sites is 1. The number of hydrogen-bond acceptors (Lipinski definition) is 4. The first-order chi connectivity index (χ1) is 13.7. The Morgan fingerprint density at radius 2 is 1.87 bits per heavy atom. The third kappa shape index (κ3) is 8.86. The summed E-state index contributed by atoms with van der Waals surface area (Å²) in [5, 5.41) is 6.25. The zero-order valence-corrected chi connectivity index (χ0v) is 20.8. The van der Waals surface area contributed by atoms with Crippen LogP contribution in [0.1, 0.15) is 23.6 Å². The summed E-state index contributed by atoms with van der Waals surface area (Å²) in [4.78, 5) is 4.15. The Morgan fingerprint density at radius 3 is 2.50 bits per heavy atom. The molecule has 166 valence electrons. The molecule has 0 spiro atoms. The number of aryl methyl sites for hydroxylation is 1. The predicted octanol–water partition coefficient (Wildman–Crippen LogP) is 3.43. The Hall–Kier alpha value is -1.88. The Bertz CT molecular complexity index is 968. The normalized spacial score (nSPS) is 12.6. The van der Waals surface area contributed by atoms with Crippen LogP contribution in [0.2, 0.25) is 0 Å². The topological polar surface area (TPSA) is 79.8 Å². The molecule has 2 aromatic carbocycles. The number of nitrogens with zero attached hydrogens (tertiary/aromatic N) is 1. The highest BCUT2D eigenvalue weighted by atomic mass is 127. The predicted molar refractivity (Wildman–Crippen MR) is 130 cm³/mol. The molecule has 0 bridgehead atoms. The highest BCUT2D eigenvalue weighted by Gasteiger charge is 2.12. The Labute approximate surface area is 195 Å². The van der Waals surface area contributed by atoms with E-state index in [0.717, 1.165) is 17.6 Å². The van der Waals surface area contributed by atoms with Gasteiger partial charge in [-0.1, -0.05) is 24.3 Å². The zero-order valence-electron chi connectivity index (χ0n) is 17.6. The van der Waals surface area contributed by atoms with Crippen LogP contribution in [-0.4, -0.2) is 40.3 Å². The smallest absolute Gasteiger partial charge is 0.191 e. The lowest BCUT2D eigenvalue weighted by Crippen LogP contribution is -2.41. The fraction of sp³-hybridized carbons (Fsp3) is 0.381. The lowest BCUT2D eigenvalue weighted by molar-refractivity contribution is 0.222. The van der Waals surface area contributed by atoms with Gasteiger partial charge in [-0.15, -0.1) is 24.0 Å². The highest BCUT2D eigenvalue weighted by Crippen LogP contribution is 2.17. The molecule has 2 rings (SSSR count). The molecular formula is C21H29FIN3O3S. The van der Waals surface area contributed by atoms with Crippen LogP contribution in [0.5, 0.6) is 5.75 Å². The van der Waals surface area contributed by atoms with E-state index in [9.17, 15) is 12.8 Å². The van der Waals surface area contributed by atoms with E-state index in [1.807, 2.05) is 38.1 Å². The number of benzene rings is 2. The summed E-state index contributed by atoms with van der Waals surface area (Å²) >= 11 is 0. The lowest BCUT2D eigenvalue weighted by atomic mass is 10.1. The molecule has 6 nitrogen and oxygen atoms in total. The van der Waals surface area contributed by atoms with E-state index in [-0.39, 0.29) is 42.4 Å². The van der Waals surface area contributed by atoms with Gasteiger partial charge in [-0.25, -0.2) is 12.8 Å². The molecule has 0 radical (unpaired) electrons. The number of hydrogen-bond donors (Lipinski definition) is 2. The minimum absolute atomic E-state index is 0. The first kappa shape index (κ1) is 26.2. The average molecular weight is 549 g/mol. The van der Waals surface area contributed by atoms with Gasteiger partial charge in [0.25, 0.3) is 0 Å². The molecule has 2 N–H and O–H groups in total. The molecular weight excluding hydrogens is 520 g/mol. The van der Waals surface area contributed by atoms with Crippen molar-refractivity contribution in [2.75, 3.05) is 19.8 Å². The number of rotatable bonds is 8. The van der Waals surface area contributed by atoms with Crippen molar-refractivity contribution in [1.29, 1.82) is 0 Å². The van der Waals surface area contributed by atoms with Gasteiger partial charge in [0, 0.05) is 19.8 Å². The van der Waals surface area contributed by atoms with E-state index in [1.54, 1.807) is 7.05 Å².